The number of methoxy groups -OCH3 is 2. The number of nitrogens with zero attached hydrogens (tertiary/aromatic N) is 4. The molecule has 3 aromatic rings. The standard InChI is InChI=1S/C26H23N5O3S/c1-15-12-18(16(2)30(15)21-11-10-19(33-3)14-22(21)34-4)13-20-23(27)31-26(28-24(20)32)35-25(29-31)17-8-6-5-7-9-17/h5-14,27H,1-4H3. The molecule has 0 unspecified atom stereocenters. The molecular formula is C26H23N5O3S. The molecule has 0 fully saturated rings. The highest BCUT2D eigenvalue weighted by Gasteiger charge is 2.36. The van der Waals surface area contributed by atoms with Gasteiger partial charge in [0.1, 0.15) is 16.5 Å². The lowest BCUT2D eigenvalue weighted by atomic mass is 10.1. The Morgan fingerprint density at radius 2 is 1.80 bits per heavy atom. The van der Waals surface area contributed by atoms with Crippen LogP contribution in [0.25, 0.3) is 11.8 Å². The number of carbonyl (C=O) groups excluding carboxylic acids is 1. The Kier molecular flexibility index (Phi) is 5.78. The first kappa shape index (κ1) is 22.7. The molecule has 8 nitrogen and oxygen atoms in total. The number of nitrogens with one attached hydrogen (secondary N) is 1. The Hall–Kier alpha value is -4.11. The van der Waals surface area contributed by atoms with Crippen molar-refractivity contribution >= 4 is 39.8 Å². The summed E-state index contributed by atoms with van der Waals surface area (Å²) in [6, 6.07) is 17.3. The molecule has 1 aromatic heterocycles. The number of amidine groups is 2. The van der Waals surface area contributed by atoms with Gasteiger partial charge in [-0.15, -0.1) is 0 Å². The van der Waals surface area contributed by atoms with Crippen molar-refractivity contribution in [2.24, 2.45) is 10.1 Å². The Morgan fingerprint density at radius 3 is 2.51 bits per heavy atom. The molecule has 2 aliphatic heterocycles. The van der Waals surface area contributed by atoms with E-state index < -0.39 is 5.91 Å². The molecule has 3 heterocycles. The first-order chi connectivity index (χ1) is 16.9. The maximum absolute atomic E-state index is 12.9. The van der Waals surface area contributed by atoms with Gasteiger partial charge in [0.2, 0.25) is 5.17 Å². The topological polar surface area (TPSA) is 92.3 Å². The molecule has 9 heteroatoms. The highest BCUT2D eigenvalue weighted by atomic mass is 32.2. The second-order valence-corrected chi connectivity index (χ2v) is 8.95. The van der Waals surface area contributed by atoms with Crippen LogP contribution in [0.2, 0.25) is 0 Å². The number of fused-ring (bicyclic) bond motifs is 1. The Labute approximate surface area is 207 Å². The van der Waals surface area contributed by atoms with Crippen LogP contribution >= 0.6 is 11.8 Å². The summed E-state index contributed by atoms with van der Waals surface area (Å²) in [4.78, 5) is 17.1. The Balaban J connectivity index is 1.52. The van der Waals surface area contributed by atoms with E-state index in [1.165, 1.54) is 16.8 Å². The summed E-state index contributed by atoms with van der Waals surface area (Å²) in [6.45, 7) is 3.95. The molecule has 1 amide bonds. The number of aromatic nitrogens is 1. The van der Waals surface area contributed by atoms with Crippen molar-refractivity contribution in [1.29, 1.82) is 5.41 Å². The zero-order chi connectivity index (χ0) is 24.7. The monoisotopic (exact) mass is 485 g/mol. The highest BCUT2D eigenvalue weighted by Crippen LogP contribution is 2.34. The van der Waals surface area contributed by atoms with Crippen LogP contribution in [-0.2, 0) is 4.79 Å². The second kappa shape index (κ2) is 8.92. The molecular weight excluding hydrogens is 462 g/mol. The number of ether oxygens (including phenoxy) is 2. The van der Waals surface area contributed by atoms with Gasteiger partial charge in [-0.05, 0) is 55.4 Å². The normalized spacial score (nSPS) is 16.3. The number of benzene rings is 2. The molecule has 0 radical (unpaired) electrons. The minimum atomic E-state index is -0.454. The molecule has 0 bridgehead atoms. The summed E-state index contributed by atoms with van der Waals surface area (Å²) >= 11 is 1.29. The maximum atomic E-state index is 12.9. The summed E-state index contributed by atoms with van der Waals surface area (Å²) in [5, 5.41) is 15.8. The summed E-state index contributed by atoms with van der Waals surface area (Å²) in [5.41, 5.74) is 4.63. The van der Waals surface area contributed by atoms with Crippen molar-refractivity contribution in [3.8, 4) is 17.2 Å². The van der Waals surface area contributed by atoms with Crippen LogP contribution in [-0.4, -0.2) is 45.7 Å². The molecule has 5 rings (SSSR count). The van der Waals surface area contributed by atoms with Gasteiger partial charge >= 0.3 is 0 Å². The van der Waals surface area contributed by atoms with Crippen LogP contribution in [0, 0.1) is 19.3 Å². The summed E-state index contributed by atoms with van der Waals surface area (Å²) in [6.07, 6.45) is 1.71. The summed E-state index contributed by atoms with van der Waals surface area (Å²) in [7, 11) is 3.23. The number of amides is 1. The third-order valence-electron chi connectivity index (χ3n) is 5.87. The fourth-order valence-electron chi connectivity index (χ4n) is 4.12. The predicted octanol–water partition coefficient (Wildman–Crippen LogP) is 4.78. The van der Waals surface area contributed by atoms with Crippen LogP contribution in [0.15, 0.2) is 70.3 Å². The van der Waals surface area contributed by atoms with E-state index in [0.717, 1.165) is 28.2 Å². The SMILES string of the molecule is COc1ccc(-n2c(C)cc(C=C3C(=N)N4N=C(c5ccccc5)SC4=NC3=O)c2C)c(OC)c1. The van der Waals surface area contributed by atoms with Crippen LogP contribution in [0.1, 0.15) is 22.5 Å². The lowest BCUT2D eigenvalue weighted by molar-refractivity contribution is -0.114. The van der Waals surface area contributed by atoms with E-state index in [9.17, 15) is 4.79 Å². The number of thioether (sulfide) groups is 1. The minimum absolute atomic E-state index is 0.00487. The van der Waals surface area contributed by atoms with Crippen LogP contribution < -0.4 is 9.47 Å². The number of hydrazone groups is 1. The van der Waals surface area contributed by atoms with Crippen molar-refractivity contribution in [2.45, 2.75) is 13.8 Å². The van der Waals surface area contributed by atoms with Gasteiger partial charge in [-0.2, -0.15) is 15.1 Å². The largest absolute Gasteiger partial charge is 0.497 e. The van der Waals surface area contributed by atoms with Crippen molar-refractivity contribution in [3.63, 3.8) is 0 Å². The fraction of sp³-hybridized carbons (Fsp3) is 0.154. The van der Waals surface area contributed by atoms with Crippen LogP contribution in [0.4, 0.5) is 0 Å². The zero-order valence-electron chi connectivity index (χ0n) is 19.7. The molecule has 1 N–H and O–H groups in total. The smallest absolute Gasteiger partial charge is 0.283 e. The van der Waals surface area contributed by atoms with E-state index in [1.54, 1.807) is 20.3 Å². The lowest BCUT2D eigenvalue weighted by Crippen LogP contribution is -2.35. The number of carbonyl (C=O) groups is 1. The average Bonchev–Trinajstić information content (AvgIpc) is 3.42. The van der Waals surface area contributed by atoms with Gasteiger partial charge in [0.15, 0.2) is 5.84 Å². The van der Waals surface area contributed by atoms with Gasteiger partial charge in [0, 0.05) is 23.0 Å². The quantitative estimate of drug-likeness (QED) is 0.525. The third-order valence-corrected chi connectivity index (χ3v) is 6.83. The van der Waals surface area contributed by atoms with Gasteiger partial charge < -0.3 is 14.0 Å². The van der Waals surface area contributed by atoms with Crippen molar-refractivity contribution < 1.29 is 14.3 Å². The molecule has 176 valence electrons. The fourth-order valence-corrected chi connectivity index (χ4v) is 5.02. The Bertz CT molecular complexity index is 1450. The molecule has 0 saturated carbocycles. The van der Waals surface area contributed by atoms with Crippen molar-refractivity contribution in [2.75, 3.05) is 14.2 Å². The number of aryl methyl sites for hydroxylation is 1. The molecule has 0 spiro atoms. The summed E-state index contributed by atoms with van der Waals surface area (Å²) in [5.74, 6) is 0.914. The number of hydrogen-bond acceptors (Lipinski definition) is 6. The second-order valence-electron chi connectivity index (χ2n) is 7.99. The van der Waals surface area contributed by atoms with Crippen molar-refractivity contribution in [3.05, 3.63) is 82.7 Å². The molecule has 2 aliphatic rings. The van der Waals surface area contributed by atoms with Crippen LogP contribution in [0.5, 0.6) is 11.5 Å². The first-order valence-corrected chi connectivity index (χ1v) is 11.7. The van der Waals surface area contributed by atoms with E-state index in [4.69, 9.17) is 14.9 Å². The minimum Gasteiger partial charge on any atom is -0.497 e. The summed E-state index contributed by atoms with van der Waals surface area (Å²) < 4.78 is 13.0. The molecule has 35 heavy (non-hydrogen) atoms. The maximum Gasteiger partial charge on any atom is 0.283 e. The predicted molar refractivity (Wildman–Crippen MR) is 139 cm³/mol. The van der Waals surface area contributed by atoms with E-state index in [0.29, 0.717) is 21.7 Å². The van der Waals surface area contributed by atoms with Crippen LogP contribution in [0.3, 0.4) is 0 Å². The molecule has 2 aromatic carbocycles. The highest BCUT2D eigenvalue weighted by molar-refractivity contribution is 8.27. The lowest BCUT2D eigenvalue weighted by Gasteiger charge is -2.20. The molecule has 0 aliphatic carbocycles. The first-order valence-electron chi connectivity index (χ1n) is 10.9. The van der Waals surface area contributed by atoms with Gasteiger partial charge in [-0.1, -0.05) is 30.3 Å². The van der Waals surface area contributed by atoms with E-state index in [2.05, 4.69) is 10.1 Å². The average molecular weight is 486 g/mol. The third kappa shape index (κ3) is 3.93. The van der Waals surface area contributed by atoms with Crippen molar-refractivity contribution in [1.82, 2.24) is 9.58 Å². The number of hydrogen-bond donors (Lipinski definition) is 1. The number of aliphatic imine (C=N–C) groups is 1. The molecule has 0 atom stereocenters. The van der Waals surface area contributed by atoms with E-state index in [-0.39, 0.29) is 11.4 Å². The van der Waals surface area contributed by atoms with Gasteiger partial charge in [-0.3, -0.25) is 10.2 Å². The number of rotatable bonds is 5. The van der Waals surface area contributed by atoms with Gasteiger partial charge in [0.25, 0.3) is 5.91 Å². The van der Waals surface area contributed by atoms with Gasteiger partial charge in [0.05, 0.1) is 25.5 Å². The molecule has 0 saturated heterocycles. The zero-order valence-corrected chi connectivity index (χ0v) is 20.5. The van der Waals surface area contributed by atoms with E-state index in [1.807, 2.05) is 73.0 Å². The Morgan fingerprint density at radius 1 is 1.03 bits per heavy atom. The van der Waals surface area contributed by atoms with Gasteiger partial charge in [-0.25, -0.2) is 0 Å². The van der Waals surface area contributed by atoms with E-state index >= 15 is 0 Å².